The van der Waals surface area contributed by atoms with Gasteiger partial charge in [-0.15, -0.1) is 0 Å². The molecule has 0 radical (unpaired) electrons. The average molecular weight is 424 g/mol. The molecule has 2 aromatic carbocycles. The Kier molecular flexibility index (Phi) is 5.07. The van der Waals surface area contributed by atoms with Crippen molar-refractivity contribution in [1.29, 1.82) is 0 Å². The van der Waals surface area contributed by atoms with Crippen molar-refractivity contribution < 1.29 is 18.7 Å². The summed E-state index contributed by atoms with van der Waals surface area (Å²) in [7, 11) is 0. The topological polar surface area (TPSA) is 119 Å². The molecule has 8 nitrogen and oxygen atoms in total. The number of aromatic nitrogens is 4. The maximum atomic E-state index is 14.9. The molecule has 1 unspecified atom stereocenters. The molecule has 0 bridgehead atoms. The number of benzene rings is 2. The summed E-state index contributed by atoms with van der Waals surface area (Å²) in [6.07, 6.45) is -0.316. The monoisotopic (exact) mass is 424 g/mol. The molecule has 0 aliphatic heterocycles. The lowest BCUT2D eigenvalue weighted by Crippen LogP contribution is -2.21. The highest BCUT2D eigenvalue weighted by Gasteiger charge is 2.20. The molecule has 2 aromatic heterocycles. The lowest BCUT2D eigenvalue weighted by atomic mass is 10.1. The summed E-state index contributed by atoms with van der Waals surface area (Å²) in [5.74, 6) is -1.94. The van der Waals surface area contributed by atoms with Crippen molar-refractivity contribution in [1.82, 2.24) is 19.7 Å². The molecule has 1 atom stereocenters. The van der Waals surface area contributed by atoms with E-state index in [0.717, 1.165) is 12.1 Å². The Morgan fingerprint density at radius 2 is 1.94 bits per heavy atom. The van der Waals surface area contributed by atoms with Gasteiger partial charge in [0.05, 0.1) is 5.69 Å². The van der Waals surface area contributed by atoms with E-state index in [2.05, 4.69) is 20.4 Å². The number of amides is 1. The van der Waals surface area contributed by atoms with Crippen LogP contribution in [0, 0.1) is 25.5 Å². The van der Waals surface area contributed by atoms with Gasteiger partial charge in [-0.05, 0) is 55.3 Å². The molecule has 0 fully saturated rings. The number of aliphatic hydroxyl groups is 1. The number of anilines is 2. The number of nitrogens with two attached hydrogens (primary N) is 1. The van der Waals surface area contributed by atoms with E-state index in [1.165, 1.54) is 35.3 Å². The summed E-state index contributed by atoms with van der Waals surface area (Å²) in [4.78, 5) is 20.4. The van der Waals surface area contributed by atoms with Crippen molar-refractivity contribution >= 4 is 28.4 Å². The number of rotatable bonds is 4. The fourth-order valence-corrected chi connectivity index (χ4v) is 3.33. The molecular formula is C21H18F2N6O2. The standard InChI is InChI=1S/C21H18F2N6O2/c1-10-5-12(7-13(22)6-10)19(30)21(31)27-14-3-4-16(15(23)8-14)29-18-17(11(2)28-29)25-9-26-20(18)24/h3-9,19,30H,1-2H3,(H,27,31)(H2,24,25,26). The van der Waals surface area contributed by atoms with Gasteiger partial charge in [0.25, 0.3) is 5.91 Å². The van der Waals surface area contributed by atoms with E-state index in [4.69, 9.17) is 5.73 Å². The number of carbonyl (C=O) groups excluding carboxylic acids is 1. The van der Waals surface area contributed by atoms with Gasteiger partial charge in [-0.25, -0.2) is 23.4 Å². The number of hydrogen-bond donors (Lipinski definition) is 3. The molecule has 4 N–H and O–H groups in total. The number of nitrogen functional groups attached to an aromatic ring is 1. The number of carbonyl (C=O) groups is 1. The Balaban J connectivity index is 1.62. The molecule has 4 rings (SSSR count). The number of aliphatic hydroxyl groups excluding tert-OH is 1. The Hall–Kier alpha value is -3.92. The first-order chi connectivity index (χ1) is 14.7. The summed E-state index contributed by atoms with van der Waals surface area (Å²) < 4.78 is 29.7. The van der Waals surface area contributed by atoms with Gasteiger partial charge in [0.2, 0.25) is 0 Å². The van der Waals surface area contributed by atoms with E-state index in [1.807, 2.05) is 0 Å². The summed E-state index contributed by atoms with van der Waals surface area (Å²) in [6, 6.07) is 7.78. The first-order valence-corrected chi connectivity index (χ1v) is 9.26. The highest BCUT2D eigenvalue weighted by atomic mass is 19.1. The minimum atomic E-state index is -1.62. The number of hydrogen-bond acceptors (Lipinski definition) is 6. The van der Waals surface area contributed by atoms with Gasteiger partial charge < -0.3 is 16.2 Å². The SMILES string of the molecule is Cc1cc(F)cc(C(O)C(=O)Nc2ccc(-n3nc(C)c4ncnc(N)c43)c(F)c2)c1. The number of aryl methyl sites for hydroxylation is 2. The fraction of sp³-hybridized carbons (Fsp3) is 0.143. The van der Waals surface area contributed by atoms with Crippen molar-refractivity contribution in [2.45, 2.75) is 20.0 Å². The molecule has 10 heteroatoms. The van der Waals surface area contributed by atoms with Crippen LogP contribution in [0.5, 0.6) is 0 Å². The second kappa shape index (κ2) is 7.73. The van der Waals surface area contributed by atoms with E-state index in [0.29, 0.717) is 22.3 Å². The minimum Gasteiger partial charge on any atom is -0.382 e. The summed E-state index contributed by atoms with van der Waals surface area (Å²) in [5, 5.41) is 16.9. The van der Waals surface area contributed by atoms with Crippen LogP contribution in [-0.4, -0.2) is 30.8 Å². The van der Waals surface area contributed by atoms with Gasteiger partial charge in [-0.3, -0.25) is 4.79 Å². The predicted molar refractivity (Wildman–Crippen MR) is 110 cm³/mol. The van der Waals surface area contributed by atoms with Crippen LogP contribution in [0.2, 0.25) is 0 Å². The van der Waals surface area contributed by atoms with Crippen LogP contribution in [0.4, 0.5) is 20.3 Å². The van der Waals surface area contributed by atoms with Gasteiger partial charge in [0.15, 0.2) is 17.7 Å². The van der Waals surface area contributed by atoms with Crippen LogP contribution < -0.4 is 11.1 Å². The number of nitrogens with one attached hydrogen (secondary N) is 1. The third kappa shape index (κ3) is 3.80. The molecule has 0 saturated carbocycles. The minimum absolute atomic E-state index is 0.0823. The molecule has 2 heterocycles. The number of nitrogens with zero attached hydrogens (tertiary/aromatic N) is 4. The van der Waals surface area contributed by atoms with Crippen molar-refractivity contribution in [2.24, 2.45) is 0 Å². The second-order valence-corrected chi connectivity index (χ2v) is 7.07. The molecule has 0 aliphatic rings. The molecule has 158 valence electrons. The van der Waals surface area contributed by atoms with E-state index >= 15 is 0 Å². The lowest BCUT2D eigenvalue weighted by Gasteiger charge is -2.13. The van der Waals surface area contributed by atoms with Crippen LogP contribution in [0.15, 0.2) is 42.7 Å². The molecule has 31 heavy (non-hydrogen) atoms. The zero-order valence-corrected chi connectivity index (χ0v) is 16.6. The largest absolute Gasteiger partial charge is 0.382 e. The van der Waals surface area contributed by atoms with Gasteiger partial charge in [-0.1, -0.05) is 6.07 Å². The Morgan fingerprint density at radius 3 is 2.65 bits per heavy atom. The van der Waals surface area contributed by atoms with E-state index in [1.54, 1.807) is 13.8 Å². The van der Waals surface area contributed by atoms with Crippen molar-refractivity contribution in [3.05, 3.63) is 71.2 Å². The normalized spacial score (nSPS) is 12.2. The fourth-order valence-electron chi connectivity index (χ4n) is 3.33. The zero-order chi connectivity index (χ0) is 22.3. The highest BCUT2D eigenvalue weighted by molar-refractivity contribution is 5.95. The molecular weight excluding hydrogens is 406 g/mol. The third-order valence-electron chi connectivity index (χ3n) is 4.73. The molecule has 4 aromatic rings. The smallest absolute Gasteiger partial charge is 0.257 e. The highest BCUT2D eigenvalue weighted by Crippen LogP contribution is 2.27. The number of halogens is 2. The van der Waals surface area contributed by atoms with E-state index < -0.39 is 23.6 Å². The first-order valence-electron chi connectivity index (χ1n) is 9.26. The van der Waals surface area contributed by atoms with Gasteiger partial charge in [0.1, 0.15) is 28.9 Å². The maximum Gasteiger partial charge on any atom is 0.257 e. The summed E-state index contributed by atoms with van der Waals surface area (Å²) in [6.45, 7) is 3.36. The van der Waals surface area contributed by atoms with Crippen LogP contribution >= 0.6 is 0 Å². The predicted octanol–water partition coefficient (Wildman–Crippen LogP) is 2.96. The summed E-state index contributed by atoms with van der Waals surface area (Å²) >= 11 is 0. The Morgan fingerprint density at radius 1 is 1.16 bits per heavy atom. The van der Waals surface area contributed by atoms with Crippen LogP contribution in [0.1, 0.15) is 22.9 Å². The molecule has 0 aliphatic carbocycles. The Bertz CT molecular complexity index is 1300. The van der Waals surface area contributed by atoms with Gasteiger partial charge >= 0.3 is 0 Å². The maximum absolute atomic E-state index is 14.9. The van der Waals surface area contributed by atoms with Crippen molar-refractivity contribution in [3.63, 3.8) is 0 Å². The van der Waals surface area contributed by atoms with Crippen LogP contribution in [0.25, 0.3) is 16.7 Å². The second-order valence-electron chi connectivity index (χ2n) is 7.07. The van der Waals surface area contributed by atoms with Crippen molar-refractivity contribution in [3.8, 4) is 5.69 Å². The van der Waals surface area contributed by atoms with Gasteiger partial charge in [0, 0.05) is 5.69 Å². The molecule has 0 spiro atoms. The molecule has 1 amide bonds. The van der Waals surface area contributed by atoms with E-state index in [-0.39, 0.29) is 22.8 Å². The van der Waals surface area contributed by atoms with Gasteiger partial charge in [-0.2, -0.15) is 5.10 Å². The quantitative estimate of drug-likeness (QED) is 0.463. The summed E-state index contributed by atoms with van der Waals surface area (Å²) in [5.41, 5.74) is 8.18. The first kappa shape index (κ1) is 20.4. The lowest BCUT2D eigenvalue weighted by molar-refractivity contribution is -0.124. The molecule has 0 saturated heterocycles. The van der Waals surface area contributed by atoms with Crippen molar-refractivity contribution in [2.75, 3.05) is 11.1 Å². The Labute approximate surface area is 175 Å². The third-order valence-corrected chi connectivity index (χ3v) is 4.73. The average Bonchev–Trinajstić information content (AvgIpc) is 3.04. The zero-order valence-electron chi connectivity index (χ0n) is 16.6. The van der Waals surface area contributed by atoms with E-state index in [9.17, 15) is 18.7 Å². The van der Waals surface area contributed by atoms with Crippen LogP contribution in [0.3, 0.4) is 0 Å². The van der Waals surface area contributed by atoms with Crippen LogP contribution in [-0.2, 0) is 4.79 Å². The number of fused-ring (bicyclic) bond motifs is 1.